The van der Waals surface area contributed by atoms with Crippen LogP contribution in [0.25, 0.3) is 21.3 Å². The third-order valence-electron chi connectivity index (χ3n) is 2.94. The Kier molecular flexibility index (Phi) is 3.14. The first-order valence-electron chi connectivity index (χ1n) is 5.73. The van der Waals surface area contributed by atoms with Crippen molar-refractivity contribution in [3.63, 3.8) is 0 Å². The monoisotopic (exact) mass is 311 g/mol. The number of aromatic amines is 1. The maximum absolute atomic E-state index is 12.9. The summed E-state index contributed by atoms with van der Waals surface area (Å²) in [6.07, 6.45) is -4.40. The highest BCUT2D eigenvalue weighted by Crippen LogP contribution is 2.35. The minimum atomic E-state index is -4.40. The van der Waals surface area contributed by atoms with E-state index < -0.39 is 11.7 Å². The van der Waals surface area contributed by atoms with Crippen LogP contribution in [0.15, 0.2) is 41.8 Å². The number of rotatable bonds is 1. The summed E-state index contributed by atoms with van der Waals surface area (Å²) < 4.78 is 39.6. The van der Waals surface area contributed by atoms with Gasteiger partial charge in [-0.15, -0.1) is 11.3 Å². The van der Waals surface area contributed by atoms with Crippen LogP contribution in [0.2, 0.25) is 0 Å². The lowest BCUT2D eigenvalue weighted by Gasteiger charge is -2.10. The van der Waals surface area contributed by atoms with Crippen molar-refractivity contribution in [1.82, 2.24) is 4.98 Å². The summed E-state index contributed by atoms with van der Waals surface area (Å²) in [6, 6.07) is 9.52. The van der Waals surface area contributed by atoms with Gasteiger partial charge in [0.25, 0.3) is 0 Å². The molecule has 0 fully saturated rings. The minimum absolute atomic E-state index is 0.0726. The normalized spacial score (nSPS) is 11.9. The van der Waals surface area contributed by atoms with Crippen molar-refractivity contribution in [2.24, 2.45) is 0 Å². The van der Waals surface area contributed by atoms with Gasteiger partial charge in [0.05, 0.1) is 5.56 Å². The minimum Gasteiger partial charge on any atom is -0.346 e. The molecule has 20 heavy (non-hydrogen) atoms. The second-order valence-electron chi connectivity index (χ2n) is 4.29. The predicted molar refractivity (Wildman–Crippen MR) is 77.4 cm³/mol. The summed E-state index contributed by atoms with van der Waals surface area (Å²) in [4.78, 5) is 2.84. The first-order valence-corrected chi connectivity index (χ1v) is 7.02. The molecule has 6 heteroatoms. The van der Waals surface area contributed by atoms with Gasteiger partial charge in [0.15, 0.2) is 0 Å². The largest absolute Gasteiger partial charge is 0.416 e. The number of hydrogen-bond donors (Lipinski definition) is 1. The summed E-state index contributed by atoms with van der Waals surface area (Å²) in [5.74, 6) is 0. The van der Waals surface area contributed by atoms with Crippen LogP contribution < -0.4 is 0 Å². The number of benzene rings is 1. The number of thiophene rings is 1. The Bertz CT molecular complexity index is 830. The van der Waals surface area contributed by atoms with E-state index in [1.165, 1.54) is 11.3 Å². The van der Waals surface area contributed by atoms with Crippen LogP contribution in [0.3, 0.4) is 0 Å². The summed E-state index contributed by atoms with van der Waals surface area (Å²) in [6.45, 7) is 0. The molecule has 0 aliphatic heterocycles. The van der Waals surface area contributed by atoms with Gasteiger partial charge in [0.2, 0.25) is 0 Å². The number of H-pyrrole nitrogens is 1. The predicted octanol–water partition coefficient (Wildman–Crippen LogP) is 5.64. The van der Waals surface area contributed by atoms with E-state index in [-0.39, 0.29) is 4.64 Å². The molecular formula is C14H8F3NS2. The van der Waals surface area contributed by atoms with Gasteiger partial charge < -0.3 is 4.98 Å². The van der Waals surface area contributed by atoms with Crippen LogP contribution in [-0.2, 0) is 6.18 Å². The fraction of sp³-hybridized carbons (Fsp3) is 0.0714. The second kappa shape index (κ2) is 4.71. The molecule has 0 saturated heterocycles. The first kappa shape index (κ1) is 13.3. The molecule has 0 radical (unpaired) electrons. The van der Waals surface area contributed by atoms with Gasteiger partial charge in [-0.25, -0.2) is 0 Å². The SMILES string of the molecule is FC(F)(F)c1cc(-c2cccc3ccsc23)[nH]c(=S)c1. The third-order valence-corrected chi connectivity index (χ3v) is 4.12. The van der Waals surface area contributed by atoms with Crippen molar-refractivity contribution in [1.29, 1.82) is 0 Å². The van der Waals surface area contributed by atoms with Gasteiger partial charge >= 0.3 is 6.18 Å². The molecule has 0 bridgehead atoms. The number of fused-ring (bicyclic) bond motifs is 1. The molecule has 0 aliphatic rings. The number of nitrogens with one attached hydrogen (secondary N) is 1. The smallest absolute Gasteiger partial charge is 0.346 e. The van der Waals surface area contributed by atoms with E-state index in [4.69, 9.17) is 12.2 Å². The quantitative estimate of drug-likeness (QED) is 0.575. The number of halogens is 3. The zero-order valence-corrected chi connectivity index (χ0v) is 11.6. The maximum atomic E-state index is 12.9. The van der Waals surface area contributed by atoms with Gasteiger partial charge in [-0.2, -0.15) is 13.2 Å². The van der Waals surface area contributed by atoms with Crippen molar-refractivity contribution in [2.45, 2.75) is 6.18 Å². The van der Waals surface area contributed by atoms with Crippen molar-refractivity contribution in [3.8, 4) is 11.3 Å². The maximum Gasteiger partial charge on any atom is 0.416 e. The average molecular weight is 311 g/mol. The molecule has 0 spiro atoms. The first-order chi connectivity index (χ1) is 9.45. The van der Waals surface area contributed by atoms with E-state index in [0.29, 0.717) is 5.69 Å². The Hall–Kier alpha value is -1.66. The van der Waals surface area contributed by atoms with E-state index in [1.54, 1.807) is 6.07 Å². The molecule has 2 aromatic heterocycles. The molecule has 0 amide bonds. The van der Waals surface area contributed by atoms with Crippen LogP contribution in [0.4, 0.5) is 13.2 Å². The lowest BCUT2D eigenvalue weighted by molar-refractivity contribution is -0.137. The number of pyridine rings is 1. The molecule has 2 heterocycles. The third kappa shape index (κ3) is 2.36. The van der Waals surface area contributed by atoms with E-state index in [1.807, 2.05) is 23.6 Å². The Morgan fingerprint density at radius 1 is 1.10 bits per heavy atom. The van der Waals surface area contributed by atoms with Crippen molar-refractivity contribution < 1.29 is 13.2 Å². The summed E-state index contributed by atoms with van der Waals surface area (Å²) in [7, 11) is 0. The Morgan fingerprint density at radius 3 is 2.65 bits per heavy atom. The van der Waals surface area contributed by atoms with Crippen LogP contribution in [0.1, 0.15) is 5.56 Å². The molecule has 1 aromatic carbocycles. The molecule has 102 valence electrons. The van der Waals surface area contributed by atoms with Crippen LogP contribution in [-0.4, -0.2) is 4.98 Å². The van der Waals surface area contributed by atoms with Crippen LogP contribution >= 0.6 is 23.6 Å². The summed E-state index contributed by atoms with van der Waals surface area (Å²) in [5.41, 5.74) is 0.386. The van der Waals surface area contributed by atoms with Gasteiger partial charge in [-0.1, -0.05) is 30.4 Å². The fourth-order valence-corrected chi connectivity index (χ4v) is 3.22. The van der Waals surface area contributed by atoms with Crippen molar-refractivity contribution >= 4 is 33.6 Å². The van der Waals surface area contributed by atoms with Crippen molar-refractivity contribution in [3.05, 3.63) is 52.0 Å². The molecule has 3 aromatic rings. The lowest BCUT2D eigenvalue weighted by atomic mass is 10.1. The Labute approximate surface area is 121 Å². The van der Waals surface area contributed by atoms with E-state index in [0.717, 1.165) is 27.8 Å². The Balaban J connectivity index is 2.27. The van der Waals surface area contributed by atoms with Crippen molar-refractivity contribution in [2.75, 3.05) is 0 Å². The fourth-order valence-electron chi connectivity index (χ4n) is 2.06. The highest BCUT2D eigenvalue weighted by molar-refractivity contribution is 7.71. The van der Waals surface area contributed by atoms with E-state index >= 15 is 0 Å². The molecule has 0 atom stereocenters. The second-order valence-corrected chi connectivity index (χ2v) is 5.65. The average Bonchev–Trinajstić information content (AvgIpc) is 2.84. The Morgan fingerprint density at radius 2 is 1.90 bits per heavy atom. The van der Waals surface area contributed by atoms with E-state index in [2.05, 4.69) is 4.98 Å². The van der Waals surface area contributed by atoms with Gasteiger partial charge in [-0.05, 0) is 29.0 Å². The number of aromatic nitrogens is 1. The molecule has 0 aliphatic carbocycles. The lowest BCUT2D eigenvalue weighted by Crippen LogP contribution is -2.05. The van der Waals surface area contributed by atoms with Gasteiger partial charge in [-0.3, -0.25) is 0 Å². The number of alkyl halides is 3. The summed E-state index contributed by atoms with van der Waals surface area (Å²) in [5, 5.41) is 2.92. The molecule has 0 unspecified atom stereocenters. The molecule has 1 N–H and O–H groups in total. The zero-order valence-electron chi connectivity index (χ0n) is 9.99. The van der Waals surface area contributed by atoms with Gasteiger partial charge in [0.1, 0.15) is 4.64 Å². The van der Waals surface area contributed by atoms with Crippen LogP contribution in [0.5, 0.6) is 0 Å². The van der Waals surface area contributed by atoms with Crippen LogP contribution in [0, 0.1) is 4.64 Å². The van der Waals surface area contributed by atoms with Gasteiger partial charge in [0, 0.05) is 16.0 Å². The topological polar surface area (TPSA) is 15.8 Å². The number of hydrogen-bond acceptors (Lipinski definition) is 2. The molecular weight excluding hydrogens is 303 g/mol. The zero-order chi connectivity index (χ0) is 14.3. The molecule has 3 rings (SSSR count). The molecule has 1 nitrogen and oxygen atoms in total. The standard InChI is InChI=1S/C14H8F3NS2/c15-14(16,17)9-6-11(18-12(19)7-9)10-3-1-2-8-4-5-20-13(8)10/h1-7H,(H,18,19). The van der Waals surface area contributed by atoms with E-state index in [9.17, 15) is 13.2 Å². The highest BCUT2D eigenvalue weighted by atomic mass is 32.1. The molecule has 0 saturated carbocycles. The highest BCUT2D eigenvalue weighted by Gasteiger charge is 2.31. The summed E-state index contributed by atoms with van der Waals surface area (Å²) >= 11 is 6.40.